The molecule has 0 aliphatic rings. The number of rotatable bonds is 5. The summed E-state index contributed by atoms with van der Waals surface area (Å²) in [5.74, 6) is 0.474. The van der Waals surface area contributed by atoms with Crippen LogP contribution in [0.5, 0.6) is 5.88 Å². The summed E-state index contributed by atoms with van der Waals surface area (Å²) in [4.78, 5) is 11.3. The van der Waals surface area contributed by atoms with Gasteiger partial charge in [-0.3, -0.25) is 4.21 Å². The van der Waals surface area contributed by atoms with Gasteiger partial charge in [0.1, 0.15) is 11.8 Å². The average Bonchev–Trinajstić information content (AvgIpc) is 2.71. The summed E-state index contributed by atoms with van der Waals surface area (Å²) < 4.78 is 19.0. The zero-order valence-corrected chi connectivity index (χ0v) is 12.7. The van der Waals surface area contributed by atoms with Crippen molar-refractivity contribution in [3.05, 3.63) is 11.1 Å². The van der Waals surface area contributed by atoms with Gasteiger partial charge in [0.05, 0.1) is 7.11 Å². The van der Waals surface area contributed by atoms with Gasteiger partial charge in [-0.1, -0.05) is 6.92 Å². The molecule has 2 rings (SSSR count). The Hall–Kier alpha value is -1.28. The van der Waals surface area contributed by atoms with Crippen LogP contribution in [0.3, 0.4) is 0 Å². The van der Waals surface area contributed by atoms with Crippen molar-refractivity contribution in [2.45, 2.75) is 25.1 Å². The molecule has 8 heteroatoms. The molecule has 2 heterocycles. The number of methoxy groups -OCH3 is 1. The number of hydrogen-bond donors (Lipinski definition) is 1. The van der Waals surface area contributed by atoms with Crippen molar-refractivity contribution in [3.63, 3.8) is 0 Å². The van der Waals surface area contributed by atoms with Gasteiger partial charge in [-0.15, -0.1) is 0 Å². The molecule has 0 fully saturated rings. The minimum Gasteiger partial charge on any atom is -0.479 e. The smallest absolute Gasteiger partial charge is 0.242 e. The Morgan fingerprint density at radius 2 is 2.32 bits per heavy atom. The molecule has 2 aromatic rings. The Labute approximate surface area is 118 Å². The Bertz CT molecular complexity index is 664. The number of aryl methyl sites for hydroxylation is 1. The molecule has 2 aromatic heterocycles. The van der Waals surface area contributed by atoms with Crippen LogP contribution in [-0.4, -0.2) is 42.3 Å². The van der Waals surface area contributed by atoms with Crippen LogP contribution in [0.25, 0.3) is 11.2 Å². The molecule has 104 valence electrons. The topological polar surface area (TPSA) is 72.8 Å². The van der Waals surface area contributed by atoms with E-state index in [2.05, 4.69) is 15.0 Å². The molecule has 2 atom stereocenters. The van der Waals surface area contributed by atoms with Crippen molar-refractivity contribution < 1.29 is 8.95 Å². The fraction of sp³-hybridized carbons (Fsp3) is 0.545. The second-order valence-electron chi connectivity index (χ2n) is 4.26. The van der Waals surface area contributed by atoms with Gasteiger partial charge in [0.15, 0.2) is 10.4 Å². The molecule has 0 aliphatic carbocycles. The van der Waals surface area contributed by atoms with Crippen molar-refractivity contribution in [2.75, 3.05) is 13.4 Å². The van der Waals surface area contributed by atoms with Crippen LogP contribution in [0.4, 0.5) is 0 Å². The molecule has 0 spiro atoms. The highest BCUT2D eigenvalue weighted by molar-refractivity contribution is 7.84. The van der Waals surface area contributed by atoms with E-state index in [9.17, 15) is 4.21 Å². The van der Waals surface area contributed by atoms with Crippen LogP contribution in [0.2, 0.25) is 0 Å². The van der Waals surface area contributed by atoms with Crippen LogP contribution in [0.1, 0.15) is 13.3 Å². The van der Waals surface area contributed by atoms with E-state index in [1.807, 2.05) is 11.5 Å². The standard InChI is InChI=1S/C11H16N4O2S2/c1-7(19(3)16)4-5-15-9-8(14-11(15)18)10(17-2)13-6-12-9/h6-7H,4-5H2,1-3H3,(H,14,18). The van der Waals surface area contributed by atoms with E-state index in [0.717, 1.165) is 6.42 Å². The first-order valence-corrected chi connectivity index (χ1v) is 7.87. The van der Waals surface area contributed by atoms with Crippen LogP contribution >= 0.6 is 12.2 Å². The summed E-state index contributed by atoms with van der Waals surface area (Å²) in [6, 6.07) is 0. The third-order valence-electron chi connectivity index (χ3n) is 3.04. The average molecular weight is 300 g/mol. The molecule has 19 heavy (non-hydrogen) atoms. The molecule has 0 amide bonds. The van der Waals surface area contributed by atoms with Crippen molar-refractivity contribution in [1.29, 1.82) is 0 Å². The minimum atomic E-state index is -0.833. The quantitative estimate of drug-likeness (QED) is 0.850. The maximum atomic E-state index is 11.4. The number of aromatic amines is 1. The summed E-state index contributed by atoms with van der Waals surface area (Å²) in [5.41, 5.74) is 1.41. The predicted octanol–water partition coefficient (Wildman–Crippen LogP) is 1.65. The van der Waals surface area contributed by atoms with Gasteiger partial charge in [-0.25, -0.2) is 4.98 Å². The van der Waals surface area contributed by atoms with Gasteiger partial charge < -0.3 is 14.3 Å². The van der Waals surface area contributed by atoms with Crippen LogP contribution < -0.4 is 4.74 Å². The van der Waals surface area contributed by atoms with Crippen LogP contribution in [0, 0.1) is 4.77 Å². The normalized spacial score (nSPS) is 14.5. The van der Waals surface area contributed by atoms with E-state index < -0.39 is 10.8 Å². The molecule has 0 saturated heterocycles. The number of aromatic nitrogens is 4. The van der Waals surface area contributed by atoms with E-state index in [1.54, 1.807) is 13.4 Å². The summed E-state index contributed by atoms with van der Waals surface area (Å²) in [6.07, 6.45) is 3.93. The highest BCUT2D eigenvalue weighted by atomic mass is 32.2. The zero-order chi connectivity index (χ0) is 14.0. The highest BCUT2D eigenvalue weighted by Gasteiger charge is 2.13. The Morgan fingerprint density at radius 1 is 1.58 bits per heavy atom. The monoisotopic (exact) mass is 300 g/mol. The Kier molecular flexibility index (Phi) is 4.31. The van der Waals surface area contributed by atoms with Crippen molar-refractivity contribution in [3.8, 4) is 5.88 Å². The fourth-order valence-corrected chi connectivity index (χ4v) is 2.50. The molecule has 0 bridgehead atoms. The summed E-state index contributed by atoms with van der Waals surface area (Å²) in [5, 5.41) is 0.121. The number of H-pyrrole nitrogens is 1. The second-order valence-corrected chi connectivity index (χ2v) is 6.45. The number of nitrogens with one attached hydrogen (secondary N) is 1. The molecule has 0 aliphatic heterocycles. The molecular formula is C11H16N4O2S2. The summed E-state index contributed by atoms with van der Waals surface area (Å²) >= 11 is 5.29. The number of ether oxygens (including phenoxy) is 1. The predicted molar refractivity (Wildman–Crippen MR) is 77.4 cm³/mol. The van der Waals surface area contributed by atoms with Gasteiger partial charge in [0.25, 0.3) is 0 Å². The van der Waals surface area contributed by atoms with Crippen molar-refractivity contribution in [2.24, 2.45) is 0 Å². The maximum Gasteiger partial charge on any atom is 0.242 e. The third kappa shape index (κ3) is 2.84. The molecule has 1 N–H and O–H groups in total. The Morgan fingerprint density at radius 3 is 2.95 bits per heavy atom. The molecule has 6 nitrogen and oxygen atoms in total. The first-order chi connectivity index (χ1) is 9.04. The van der Waals surface area contributed by atoms with Gasteiger partial charge in [-0.2, -0.15) is 4.98 Å². The van der Waals surface area contributed by atoms with E-state index in [-0.39, 0.29) is 5.25 Å². The summed E-state index contributed by atoms with van der Waals surface area (Å²) in [6.45, 7) is 2.63. The van der Waals surface area contributed by atoms with Crippen LogP contribution in [-0.2, 0) is 17.3 Å². The lowest BCUT2D eigenvalue weighted by molar-refractivity contribution is 0.401. The molecule has 0 saturated carbocycles. The second kappa shape index (κ2) is 5.79. The third-order valence-corrected chi connectivity index (χ3v) is 4.74. The first kappa shape index (κ1) is 14.1. The SMILES string of the molecule is COc1ncnc2c1[nH]c(=S)n2CCC(C)S(C)=O. The van der Waals surface area contributed by atoms with Gasteiger partial charge >= 0.3 is 0 Å². The van der Waals surface area contributed by atoms with Gasteiger partial charge in [-0.05, 0) is 18.6 Å². The maximum absolute atomic E-state index is 11.4. The largest absolute Gasteiger partial charge is 0.479 e. The summed E-state index contributed by atoms with van der Waals surface area (Å²) in [7, 11) is 0.721. The molecular weight excluding hydrogens is 284 g/mol. The minimum absolute atomic E-state index is 0.121. The van der Waals surface area contributed by atoms with E-state index in [4.69, 9.17) is 17.0 Å². The number of hydrogen-bond acceptors (Lipinski definition) is 5. The van der Waals surface area contributed by atoms with Crippen LogP contribution in [0.15, 0.2) is 6.33 Å². The lowest BCUT2D eigenvalue weighted by Gasteiger charge is -2.09. The lowest BCUT2D eigenvalue weighted by atomic mass is 10.3. The lowest BCUT2D eigenvalue weighted by Crippen LogP contribution is -2.13. The number of fused-ring (bicyclic) bond motifs is 1. The van der Waals surface area contributed by atoms with E-state index in [0.29, 0.717) is 28.4 Å². The van der Waals surface area contributed by atoms with E-state index >= 15 is 0 Å². The fourth-order valence-electron chi connectivity index (χ4n) is 1.78. The molecule has 0 aromatic carbocycles. The molecule has 2 unspecified atom stereocenters. The number of imidazole rings is 1. The number of nitrogens with zero attached hydrogens (tertiary/aromatic N) is 3. The molecule has 0 radical (unpaired) electrons. The Balaban J connectivity index is 2.36. The first-order valence-electron chi connectivity index (χ1n) is 5.84. The van der Waals surface area contributed by atoms with Crippen molar-refractivity contribution >= 4 is 34.2 Å². The van der Waals surface area contributed by atoms with E-state index in [1.165, 1.54) is 6.33 Å². The highest BCUT2D eigenvalue weighted by Crippen LogP contribution is 2.20. The van der Waals surface area contributed by atoms with Crippen molar-refractivity contribution in [1.82, 2.24) is 19.5 Å². The zero-order valence-electron chi connectivity index (χ0n) is 11.0. The van der Waals surface area contributed by atoms with Gasteiger partial charge in [0, 0.05) is 28.9 Å². The van der Waals surface area contributed by atoms with Gasteiger partial charge in [0.2, 0.25) is 5.88 Å².